The van der Waals surface area contributed by atoms with Gasteiger partial charge >= 0.3 is 0 Å². The van der Waals surface area contributed by atoms with E-state index in [1.165, 1.54) is 72.4 Å². The summed E-state index contributed by atoms with van der Waals surface area (Å²) in [7, 11) is 0. The van der Waals surface area contributed by atoms with Gasteiger partial charge in [-0.2, -0.15) is 0 Å². The number of allylic oxidation sites excluding steroid dienone is 7. The maximum Gasteiger partial charge on any atom is 0.135 e. The first kappa shape index (κ1) is 42.4. The number of anilines is 3. The maximum absolute atomic E-state index is 6.81. The van der Waals surface area contributed by atoms with Crippen LogP contribution in [0.2, 0.25) is 0 Å². The van der Waals surface area contributed by atoms with Gasteiger partial charge in [-0.25, -0.2) is 0 Å². The quantitative estimate of drug-likeness (QED) is 0.177. The molecule has 4 nitrogen and oxygen atoms in total. The highest BCUT2D eigenvalue weighted by atomic mass is 16.5. The molecular weight excluding hydrogens is 891 g/mol. The molecule has 8 aromatic carbocycles. The fraction of sp³-hybridized carbons (Fsp3) is 0.159. The minimum atomic E-state index is -0.358. The summed E-state index contributed by atoms with van der Waals surface area (Å²) in [5.41, 5.74) is 24.6. The summed E-state index contributed by atoms with van der Waals surface area (Å²) in [4.78, 5) is 2.53. The standard InChI is InChI=1S/C69H53NO3/c1-67(2)52-37-40(31-34-43(52)61-46-19-7-13-25-55(46)71-58-28-16-10-22-49(58)64(61)67)70(41-32-35-44-53(38-41)68(3,4)65-50-23-11-17-29-59(50)72-56-26-14-8-20-47(56)62(44)65)42-33-36-45-54(39-42)69(5,6)66-51-24-12-18-30-60(51)73-57-27-15-9-21-48(57)63(45)66/h7-17,19-29,31-39H,18,30H2,1-6H3. The number of para-hydroxylation sites is 5. The molecule has 73 heavy (non-hydrogen) atoms. The van der Waals surface area contributed by atoms with E-state index >= 15 is 0 Å². The molecule has 0 atom stereocenters. The summed E-state index contributed by atoms with van der Waals surface area (Å²) in [6.45, 7) is 14.4. The normalized spacial score (nSPS) is 18.0. The number of ether oxygens (including phenoxy) is 3. The van der Waals surface area contributed by atoms with Crippen LogP contribution in [-0.2, 0) is 16.2 Å². The molecule has 3 heterocycles. The van der Waals surface area contributed by atoms with Crippen LogP contribution >= 0.6 is 0 Å². The Balaban J connectivity index is 0.948. The van der Waals surface area contributed by atoms with E-state index in [0.29, 0.717) is 0 Å². The number of benzene rings is 8. The molecule has 7 aliphatic rings. The molecule has 15 rings (SSSR count). The number of rotatable bonds is 3. The highest BCUT2D eigenvalue weighted by Crippen LogP contribution is 2.62. The molecule has 8 aromatic rings. The van der Waals surface area contributed by atoms with E-state index in [1.807, 2.05) is 0 Å². The van der Waals surface area contributed by atoms with Gasteiger partial charge in [0.1, 0.15) is 34.5 Å². The topological polar surface area (TPSA) is 30.9 Å². The van der Waals surface area contributed by atoms with Gasteiger partial charge in [0.15, 0.2) is 0 Å². The fourth-order valence-corrected chi connectivity index (χ4v) is 13.8. The summed E-state index contributed by atoms with van der Waals surface area (Å²) >= 11 is 0. The zero-order valence-corrected chi connectivity index (χ0v) is 42.0. The average Bonchev–Trinajstić information content (AvgIpc) is 3.68. The van der Waals surface area contributed by atoms with Crippen molar-refractivity contribution in [3.63, 3.8) is 0 Å². The van der Waals surface area contributed by atoms with Crippen LogP contribution in [-0.4, -0.2) is 0 Å². The van der Waals surface area contributed by atoms with Crippen LogP contribution in [0.4, 0.5) is 17.1 Å². The largest absolute Gasteiger partial charge is 0.460 e. The van der Waals surface area contributed by atoms with Gasteiger partial charge in [-0.15, -0.1) is 0 Å². The lowest BCUT2D eigenvalue weighted by Crippen LogP contribution is -2.21. The minimum absolute atomic E-state index is 0.329. The Morgan fingerprint density at radius 2 is 0.699 bits per heavy atom. The van der Waals surface area contributed by atoms with Crippen molar-refractivity contribution >= 4 is 44.9 Å². The first-order valence-corrected chi connectivity index (χ1v) is 25.9. The average molecular weight is 944 g/mol. The zero-order valence-electron chi connectivity index (χ0n) is 42.0. The smallest absolute Gasteiger partial charge is 0.135 e. The van der Waals surface area contributed by atoms with E-state index in [0.717, 1.165) is 92.2 Å². The van der Waals surface area contributed by atoms with Gasteiger partial charge in [-0.3, -0.25) is 0 Å². The molecule has 0 N–H and O–H groups in total. The summed E-state index contributed by atoms with van der Waals surface area (Å²) in [6.07, 6.45) is 6.49. The molecule has 4 heteroatoms. The van der Waals surface area contributed by atoms with Gasteiger partial charge in [0.25, 0.3) is 0 Å². The van der Waals surface area contributed by atoms with Gasteiger partial charge in [-0.05, 0) is 140 Å². The Morgan fingerprint density at radius 1 is 0.356 bits per heavy atom. The molecule has 0 amide bonds. The Labute approximate surface area is 427 Å². The number of fused-ring (bicyclic) bond motifs is 17. The van der Waals surface area contributed by atoms with Crippen molar-refractivity contribution in [3.8, 4) is 28.7 Å². The summed E-state index contributed by atoms with van der Waals surface area (Å²) in [5.74, 6) is 5.54. The van der Waals surface area contributed by atoms with Gasteiger partial charge in [0.2, 0.25) is 0 Å². The summed E-state index contributed by atoms with van der Waals surface area (Å²) < 4.78 is 20.3. The number of nitrogens with zero attached hydrogens (tertiary/aromatic N) is 1. The second-order valence-corrected chi connectivity index (χ2v) is 22.2. The lowest BCUT2D eigenvalue weighted by molar-refractivity contribution is 0.397. The first-order valence-electron chi connectivity index (χ1n) is 25.9. The van der Waals surface area contributed by atoms with E-state index in [9.17, 15) is 0 Å². The molecule has 352 valence electrons. The monoisotopic (exact) mass is 943 g/mol. The van der Waals surface area contributed by atoms with Gasteiger partial charge in [-0.1, -0.05) is 163 Å². The van der Waals surface area contributed by atoms with E-state index in [-0.39, 0.29) is 16.2 Å². The van der Waals surface area contributed by atoms with Crippen molar-refractivity contribution < 1.29 is 14.2 Å². The predicted octanol–water partition coefficient (Wildman–Crippen LogP) is 18.0. The molecule has 0 unspecified atom stereocenters. The number of hydrogen-bond acceptors (Lipinski definition) is 4. The fourth-order valence-electron chi connectivity index (χ4n) is 13.8. The van der Waals surface area contributed by atoms with Crippen molar-refractivity contribution in [2.24, 2.45) is 0 Å². The van der Waals surface area contributed by atoms with Gasteiger partial charge < -0.3 is 19.1 Å². The SMILES string of the molecule is CC1(C)C2=C(c3ccccc3OC3=C2C=CCC3)c2ccc(N(c3ccc4c(c3)C(C)(C)C3=C4c4ccccc4Oc4ccccc43)c3ccc4c(c3)C(C)(C)C3=C4c4ccccc4Oc4ccccc43)cc21. The maximum atomic E-state index is 6.81. The van der Waals surface area contributed by atoms with Gasteiger partial charge in [0.05, 0.1) is 0 Å². The molecule has 0 aromatic heterocycles. The van der Waals surface area contributed by atoms with Crippen molar-refractivity contribution in [1.82, 2.24) is 0 Å². The Bertz CT molecular complexity index is 3800. The molecule has 4 aliphatic carbocycles. The van der Waals surface area contributed by atoms with Crippen molar-refractivity contribution in [3.05, 3.63) is 266 Å². The molecule has 0 saturated heterocycles. The van der Waals surface area contributed by atoms with Crippen LogP contribution < -0.4 is 19.1 Å². The van der Waals surface area contributed by atoms with Crippen molar-refractivity contribution in [2.45, 2.75) is 70.6 Å². The summed E-state index contributed by atoms with van der Waals surface area (Å²) in [6, 6.07) is 64.5. The molecule has 3 aliphatic heterocycles. The van der Waals surface area contributed by atoms with Crippen LogP contribution in [0, 0.1) is 0 Å². The van der Waals surface area contributed by atoms with E-state index in [4.69, 9.17) is 14.2 Å². The third kappa shape index (κ3) is 5.78. The number of hydrogen-bond donors (Lipinski definition) is 0. The third-order valence-corrected chi connectivity index (χ3v) is 17.1. The lowest BCUT2D eigenvalue weighted by Gasteiger charge is -2.32. The predicted molar refractivity (Wildman–Crippen MR) is 296 cm³/mol. The second-order valence-electron chi connectivity index (χ2n) is 22.2. The van der Waals surface area contributed by atoms with E-state index < -0.39 is 0 Å². The van der Waals surface area contributed by atoms with Crippen molar-refractivity contribution in [1.29, 1.82) is 0 Å². The van der Waals surface area contributed by atoms with Crippen LogP contribution in [0.5, 0.6) is 28.7 Å². The Hall–Kier alpha value is -8.34. The van der Waals surface area contributed by atoms with Crippen LogP contribution in [0.25, 0.3) is 27.9 Å². The molecule has 0 fully saturated rings. The van der Waals surface area contributed by atoms with Crippen LogP contribution in [0.3, 0.4) is 0 Å². The van der Waals surface area contributed by atoms with Crippen molar-refractivity contribution in [2.75, 3.05) is 4.90 Å². The molecule has 0 radical (unpaired) electrons. The van der Waals surface area contributed by atoms with E-state index in [1.54, 1.807) is 0 Å². The molecular formula is C69H53NO3. The minimum Gasteiger partial charge on any atom is -0.460 e. The Morgan fingerprint density at radius 3 is 1.12 bits per heavy atom. The summed E-state index contributed by atoms with van der Waals surface area (Å²) in [5, 5.41) is 0. The third-order valence-electron chi connectivity index (χ3n) is 17.1. The van der Waals surface area contributed by atoms with E-state index in [2.05, 4.69) is 235 Å². The molecule has 0 saturated carbocycles. The van der Waals surface area contributed by atoms with Crippen LogP contribution in [0.1, 0.15) is 116 Å². The highest BCUT2D eigenvalue weighted by Gasteiger charge is 2.46. The Kier molecular flexibility index (Phi) is 8.63. The molecule has 0 bridgehead atoms. The second kappa shape index (κ2) is 14.9. The highest BCUT2D eigenvalue weighted by molar-refractivity contribution is 6.12. The van der Waals surface area contributed by atoms with Gasteiger partial charge in [0, 0.05) is 73.1 Å². The zero-order chi connectivity index (χ0) is 49.1. The first-order chi connectivity index (χ1) is 35.5. The lowest BCUT2D eigenvalue weighted by atomic mass is 9.76. The van der Waals surface area contributed by atoms with Crippen LogP contribution in [0.15, 0.2) is 205 Å². The molecule has 0 spiro atoms.